The van der Waals surface area contributed by atoms with Crippen LogP contribution in [0.2, 0.25) is 0 Å². The number of nitrogens with one attached hydrogen (secondary N) is 2. The van der Waals surface area contributed by atoms with Crippen molar-refractivity contribution in [2.24, 2.45) is 0 Å². The maximum Gasteiger partial charge on any atom is 0.262 e. The van der Waals surface area contributed by atoms with Crippen molar-refractivity contribution in [3.05, 3.63) is 87.9 Å². The Morgan fingerprint density at radius 2 is 1.50 bits per heavy atom. The standard InChI is InChI=1S/C21H19BrN2O3S/c1-14-7-3-5-9-18(14)24-28(26,27)20-13-16(12-11-15(20)2)21(25)23-19-10-6-4-8-17(19)22/h3-13,24H,1-2H3,(H,23,25). The van der Waals surface area contributed by atoms with Gasteiger partial charge in [0.15, 0.2) is 0 Å². The maximum atomic E-state index is 12.9. The molecule has 0 radical (unpaired) electrons. The molecule has 0 aliphatic heterocycles. The number of rotatable bonds is 5. The van der Waals surface area contributed by atoms with Crippen LogP contribution in [-0.4, -0.2) is 14.3 Å². The number of sulfonamides is 1. The summed E-state index contributed by atoms with van der Waals surface area (Å²) in [5, 5.41) is 2.78. The zero-order valence-corrected chi connectivity index (χ0v) is 17.8. The molecule has 3 aromatic carbocycles. The molecular weight excluding hydrogens is 440 g/mol. The molecule has 0 spiro atoms. The molecule has 5 nitrogen and oxygen atoms in total. The predicted octanol–water partition coefficient (Wildman–Crippen LogP) is 5.12. The van der Waals surface area contributed by atoms with Crippen LogP contribution in [0.25, 0.3) is 0 Å². The Kier molecular flexibility index (Phi) is 5.86. The third-order valence-electron chi connectivity index (χ3n) is 4.25. The van der Waals surface area contributed by atoms with Crippen molar-refractivity contribution in [1.29, 1.82) is 0 Å². The minimum absolute atomic E-state index is 0.0653. The maximum absolute atomic E-state index is 12.9. The van der Waals surface area contributed by atoms with E-state index in [-0.39, 0.29) is 16.4 Å². The van der Waals surface area contributed by atoms with E-state index in [2.05, 4.69) is 26.0 Å². The summed E-state index contributed by atoms with van der Waals surface area (Å²) in [5.41, 5.74) is 2.73. The Hall–Kier alpha value is -2.64. The average Bonchev–Trinajstić information content (AvgIpc) is 2.65. The summed E-state index contributed by atoms with van der Waals surface area (Å²) < 4.78 is 29.2. The highest BCUT2D eigenvalue weighted by atomic mass is 79.9. The summed E-state index contributed by atoms with van der Waals surface area (Å²) >= 11 is 3.38. The van der Waals surface area contributed by atoms with Crippen molar-refractivity contribution < 1.29 is 13.2 Å². The quantitative estimate of drug-likeness (QED) is 0.556. The van der Waals surface area contributed by atoms with Gasteiger partial charge in [-0.1, -0.05) is 36.4 Å². The van der Waals surface area contributed by atoms with Crippen LogP contribution in [-0.2, 0) is 10.0 Å². The highest BCUT2D eigenvalue weighted by molar-refractivity contribution is 9.10. The summed E-state index contributed by atoms with van der Waals surface area (Å²) in [7, 11) is -3.84. The lowest BCUT2D eigenvalue weighted by molar-refractivity contribution is 0.102. The van der Waals surface area contributed by atoms with Gasteiger partial charge in [-0.2, -0.15) is 0 Å². The molecule has 0 bridgehead atoms. The third kappa shape index (κ3) is 4.43. The highest BCUT2D eigenvalue weighted by Crippen LogP contribution is 2.25. The second-order valence-corrected chi connectivity index (χ2v) is 8.84. The van der Waals surface area contributed by atoms with E-state index in [4.69, 9.17) is 0 Å². The lowest BCUT2D eigenvalue weighted by Crippen LogP contribution is -2.17. The summed E-state index contributed by atoms with van der Waals surface area (Å²) in [4.78, 5) is 12.7. The van der Waals surface area contributed by atoms with Crippen molar-refractivity contribution in [2.45, 2.75) is 18.7 Å². The molecule has 1 amide bonds. The first kappa shape index (κ1) is 20.1. The Morgan fingerprint density at radius 3 is 2.18 bits per heavy atom. The van der Waals surface area contributed by atoms with E-state index in [0.29, 0.717) is 16.9 Å². The first-order valence-electron chi connectivity index (χ1n) is 8.53. The minimum atomic E-state index is -3.84. The van der Waals surface area contributed by atoms with Gasteiger partial charge in [0, 0.05) is 10.0 Å². The molecular formula is C21H19BrN2O3S. The van der Waals surface area contributed by atoms with Crippen LogP contribution < -0.4 is 10.0 Å². The van der Waals surface area contributed by atoms with Gasteiger partial charge in [-0.05, 0) is 71.2 Å². The van der Waals surface area contributed by atoms with Crippen molar-refractivity contribution in [3.63, 3.8) is 0 Å². The molecule has 3 rings (SSSR count). The first-order chi connectivity index (χ1) is 13.3. The van der Waals surface area contributed by atoms with Gasteiger partial charge in [0.25, 0.3) is 15.9 Å². The molecule has 0 saturated heterocycles. The number of benzene rings is 3. The molecule has 0 fully saturated rings. The Bertz CT molecular complexity index is 1140. The number of halogens is 1. The Labute approximate surface area is 173 Å². The zero-order chi connectivity index (χ0) is 20.3. The van der Waals surface area contributed by atoms with Crippen LogP contribution in [0.3, 0.4) is 0 Å². The number of carbonyl (C=O) groups is 1. The summed E-state index contributed by atoms with van der Waals surface area (Å²) in [5.74, 6) is -0.390. The number of amides is 1. The third-order valence-corrected chi connectivity index (χ3v) is 6.45. The SMILES string of the molecule is Cc1ccccc1NS(=O)(=O)c1cc(C(=O)Nc2ccccc2Br)ccc1C. The van der Waals surface area contributed by atoms with E-state index in [1.807, 2.05) is 31.2 Å². The molecule has 0 atom stereocenters. The van der Waals surface area contributed by atoms with Gasteiger partial charge < -0.3 is 5.32 Å². The van der Waals surface area contributed by atoms with Crippen molar-refractivity contribution >= 4 is 43.2 Å². The molecule has 3 aromatic rings. The van der Waals surface area contributed by atoms with Gasteiger partial charge in [-0.3, -0.25) is 9.52 Å². The van der Waals surface area contributed by atoms with Crippen molar-refractivity contribution in [3.8, 4) is 0 Å². The number of aryl methyl sites for hydroxylation is 2. The monoisotopic (exact) mass is 458 g/mol. The molecule has 0 aromatic heterocycles. The molecule has 0 aliphatic rings. The molecule has 0 aliphatic carbocycles. The summed E-state index contributed by atoms with van der Waals surface area (Å²) in [6, 6.07) is 19.0. The molecule has 2 N–H and O–H groups in total. The van der Waals surface area contributed by atoms with Crippen LogP contribution >= 0.6 is 15.9 Å². The fraction of sp³-hybridized carbons (Fsp3) is 0.0952. The molecule has 28 heavy (non-hydrogen) atoms. The fourth-order valence-corrected chi connectivity index (χ4v) is 4.46. The predicted molar refractivity (Wildman–Crippen MR) is 115 cm³/mol. The van der Waals surface area contributed by atoms with Crippen LogP contribution in [0.4, 0.5) is 11.4 Å². The van der Waals surface area contributed by atoms with Gasteiger partial charge in [0.2, 0.25) is 0 Å². The Balaban J connectivity index is 1.92. The van der Waals surface area contributed by atoms with Gasteiger partial charge in [-0.25, -0.2) is 8.42 Å². The number of carbonyl (C=O) groups excluding carboxylic acids is 1. The van der Waals surface area contributed by atoms with E-state index in [0.717, 1.165) is 10.0 Å². The van der Waals surface area contributed by atoms with E-state index < -0.39 is 10.0 Å². The number of anilines is 2. The lowest BCUT2D eigenvalue weighted by Gasteiger charge is -2.14. The lowest BCUT2D eigenvalue weighted by atomic mass is 10.1. The van der Waals surface area contributed by atoms with Gasteiger partial charge >= 0.3 is 0 Å². The van der Waals surface area contributed by atoms with E-state index in [9.17, 15) is 13.2 Å². The summed E-state index contributed by atoms with van der Waals surface area (Å²) in [6.45, 7) is 3.52. The van der Waals surface area contributed by atoms with E-state index in [1.165, 1.54) is 6.07 Å². The fourth-order valence-electron chi connectivity index (χ4n) is 2.68. The largest absolute Gasteiger partial charge is 0.321 e. The van der Waals surface area contributed by atoms with Gasteiger partial charge in [0.1, 0.15) is 0 Å². The first-order valence-corrected chi connectivity index (χ1v) is 10.8. The van der Waals surface area contributed by atoms with Crippen molar-refractivity contribution in [1.82, 2.24) is 0 Å². The van der Waals surface area contributed by atoms with Crippen molar-refractivity contribution in [2.75, 3.05) is 10.0 Å². The number of hydrogen-bond donors (Lipinski definition) is 2. The molecule has 0 heterocycles. The summed E-state index contributed by atoms with van der Waals surface area (Å²) in [6.07, 6.45) is 0. The van der Waals surface area contributed by atoms with Crippen LogP contribution in [0.1, 0.15) is 21.5 Å². The zero-order valence-electron chi connectivity index (χ0n) is 15.4. The topological polar surface area (TPSA) is 75.3 Å². The number of para-hydroxylation sites is 2. The second-order valence-electron chi connectivity index (χ2n) is 6.33. The average molecular weight is 459 g/mol. The molecule has 144 valence electrons. The normalized spacial score (nSPS) is 11.1. The Morgan fingerprint density at radius 1 is 0.857 bits per heavy atom. The smallest absolute Gasteiger partial charge is 0.262 e. The van der Waals surface area contributed by atoms with E-state index >= 15 is 0 Å². The highest BCUT2D eigenvalue weighted by Gasteiger charge is 2.20. The molecule has 7 heteroatoms. The second kappa shape index (κ2) is 8.16. The van der Waals surface area contributed by atoms with Crippen LogP contribution in [0.15, 0.2) is 76.1 Å². The number of hydrogen-bond acceptors (Lipinski definition) is 3. The minimum Gasteiger partial charge on any atom is -0.321 e. The van der Waals surface area contributed by atoms with Gasteiger partial charge in [-0.15, -0.1) is 0 Å². The van der Waals surface area contributed by atoms with Crippen LogP contribution in [0, 0.1) is 13.8 Å². The van der Waals surface area contributed by atoms with Crippen LogP contribution in [0.5, 0.6) is 0 Å². The van der Waals surface area contributed by atoms with E-state index in [1.54, 1.807) is 43.3 Å². The molecule has 0 saturated carbocycles. The van der Waals surface area contributed by atoms with Gasteiger partial charge in [0.05, 0.1) is 16.3 Å². The molecule has 0 unspecified atom stereocenters.